The molecule has 0 aliphatic rings. The van der Waals surface area contributed by atoms with Crippen molar-refractivity contribution in [1.82, 2.24) is 19.7 Å². The van der Waals surface area contributed by atoms with Crippen LogP contribution < -0.4 is 10.0 Å². The first kappa shape index (κ1) is 14.5. The first-order valence-corrected chi connectivity index (χ1v) is 7.73. The molecule has 0 spiro atoms. The summed E-state index contributed by atoms with van der Waals surface area (Å²) >= 11 is 0. The first-order valence-electron chi connectivity index (χ1n) is 6.24. The Morgan fingerprint density at radius 1 is 1.35 bits per heavy atom. The van der Waals surface area contributed by atoms with Gasteiger partial charge in [0, 0.05) is 25.1 Å². The van der Waals surface area contributed by atoms with Gasteiger partial charge < -0.3 is 10.3 Å². The minimum absolute atomic E-state index is 0.123. The van der Waals surface area contributed by atoms with E-state index in [9.17, 15) is 8.42 Å². The number of aromatic amines is 1. The normalized spacial score (nSPS) is 13.1. The number of imidazole rings is 1. The van der Waals surface area contributed by atoms with E-state index in [0.717, 1.165) is 6.54 Å². The molecule has 7 nitrogen and oxygen atoms in total. The van der Waals surface area contributed by atoms with E-state index >= 15 is 0 Å². The summed E-state index contributed by atoms with van der Waals surface area (Å²) in [6, 6.07) is 2.71. The molecule has 0 fully saturated rings. The van der Waals surface area contributed by atoms with Crippen molar-refractivity contribution in [3.63, 3.8) is 0 Å². The monoisotopic (exact) mass is 295 g/mol. The minimum Gasteiger partial charge on any atom is -0.370 e. The van der Waals surface area contributed by atoms with Crippen LogP contribution in [0.2, 0.25) is 0 Å². The van der Waals surface area contributed by atoms with Crippen molar-refractivity contribution >= 4 is 15.8 Å². The number of anilines is 1. The third-order valence-electron chi connectivity index (χ3n) is 2.67. The highest BCUT2D eigenvalue weighted by atomic mass is 32.2. The van der Waals surface area contributed by atoms with Crippen molar-refractivity contribution in [2.24, 2.45) is 0 Å². The summed E-state index contributed by atoms with van der Waals surface area (Å²) in [6.45, 7) is 4.39. The number of aromatic nitrogens is 3. The van der Waals surface area contributed by atoms with Gasteiger partial charge in [0.25, 0.3) is 0 Å². The van der Waals surface area contributed by atoms with Crippen molar-refractivity contribution in [2.45, 2.75) is 24.8 Å². The van der Waals surface area contributed by atoms with Gasteiger partial charge in [-0.05, 0) is 26.0 Å². The fourth-order valence-electron chi connectivity index (χ4n) is 1.70. The summed E-state index contributed by atoms with van der Waals surface area (Å²) in [5.41, 5.74) is 0. The summed E-state index contributed by atoms with van der Waals surface area (Å²) in [5, 5.41) is 3.01. The van der Waals surface area contributed by atoms with E-state index in [2.05, 4.69) is 25.0 Å². The molecule has 0 radical (unpaired) electrons. The van der Waals surface area contributed by atoms with E-state index in [-0.39, 0.29) is 4.90 Å². The number of hydrogen-bond acceptors (Lipinski definition) is 5. The van der Waals surface area contributed by atoms with Crippen LogP contribution in [0.5, 0.6) is 0 Å². The van der Waals surface area contributed by atoms with Gasteiger partial charge >= 0.3 is 0 Å². The molecular weight excluding hydrogens is 278 g/mol. The molecule has 0 saturated carbocycles. The fraction of sp³-hybridized carbons (Fsp3) is 0.333. The first-order chi connectivity index (χ1) is 9.53. The lowest BCUT2D eigenvalue weighted by Crippen LogP contribution is -2.27. The van der Waals surface area contributed by atoms with E-state index in [1.165, 1.54) is 12.3 Å². The maximum atomic E-state index is 12.2. The third-order valence-corrected chi connectivity index (χ3v) is 4.19. The molecule has 0 amide bonds. The predicted octanol–water partition coefficient (Wildman–Crippen LogP) is 1.28. The summed E-state index contributed by atoms with van der Waals surface area (Å²) in [4.78, 5) is 11.1. The number of H-pyrrole nitrogens is 1. The molecule has 108 valence electrons. The highest BCUT2D eigenvalue weighted by Gasteiger charge is 2.19. The quantitative estimate of drug-likeness (QED) is 0.745. The van der Waals surface area contributed by atoms with E-state index in [1.807, 2.05) is 6.92 Å². The SMILES string of the molecule is CCNc1ccc(S(=O)(=O)NC(C)c2ncc[nH]2)cn1. The Morgan fingerprint density at radius 2 is 2.15 bits per heavy atom. The summed E-state index contributed by atoms with van der Waals surface area (Å²) < 4.78 is 26.9. The van der Waals surface area contributed by atoms with Gasteiger partial charge in [-0.15, -0.1) is 0 Å². The zero-order chi connectivity index (χ0) is 14.6. The Labute approximate surface area is 117 Å². The number of nitrogens with one attached hydrogen (secondary N) is 3. The van der Waals surface area contributed by atoms with E-state index < -0.39 is 16.1 Å². The number of pyridine rings is 1. The van der Waals surface area contributed by atoms with Crippen LogP contribution in [0, 0.1) is 0 Å². The standard InChI is InChI=1S/C12H17N5O2S/c1-3-13-11-5-4-10(8-16-11)20(18,19)17-9(2)12-14-6-7-15-12/h4-9,17H,3H2,1-2H3,(H,13,16)(H,14,15). The van der Waals surface area contributed by atoms with Crippen LogP contribution in [-0.4, -0.2) is 29.9 Å². The second-order valence-electron chi connectivity index (χ2n) is 4.23. The largest absolute Gasteiger partial charge is 0.370 e. The Hall–Kier alpha value is -1.93. The number of hydrogen-bond donors (Lipinski definition) is 3. The lowest BCUT2D eigenvalue weighted by atomic mass is 10.3. The van der Waals surface area contributed by atoms with Gasteiger partial charge in [0.1, 0.15) is 16.5 Å². The van der Waals surface area contributed by atoms with Gasteiger partial charge in [-0.2, -0.15) is 0 Å². The van der Waals surface area contributed by atoms with E-state index in [1.54, 1.807) is 25.4 Å². The summed E-state index contributed by atoms with van der Waals surface area (Å²) in [5.74, 6) is 1.20. The second kappa shape index (κ2) is 6.02. The Kier molecular flexibility index (Phi) is 4.35. The van der Waals surface area contributed by atoms with Gasteiger partial charge in [-0.1, -0.05) is 0 Å². The highest BCUT2D eigenvalue weighted by Crippen LogP contribution is 2.14. The number of rotatable bonds is 6. The van der Waals surface area contributed by atoms with Crippen molar-refractivity contribution in [3.05, 3.63) is 36.5 Å². The van der Waals surface area contributed by atoms with Gasteiger partial charge in [-0.3, -0.25) is 0 Å². The molecule has 8 heteroatoms. The van der Waals surface area contributed by atoms with Gasteiger partial charge in [-0.25, -0.2) is 23.1 Å². The Balaban J connectivity index is 2.13. The lowest BCUT2D eigenvalue weighted by Gasteiger charge is -2.12. The molecule has 2 rings (SSSR count). The zero-order valence-corrected chi connectivity index (χ0v) is 12.1. The molecule has 0 aliphatic carbocycles. The van der Waals surface area contributed by atoms with Crippen LogP contribution >= 0.6 is 0 Å². The number of nitrogens with zero attached hydrogens (tertiary/aromatic N) is 2. The van der Waals surface area contributed by atoms with Crippen LogP contribution in [0.25, 0.3) is 0 Å². The van der Waals surface area contributed by atoms with Crippen molar-refractivity contribution in [3.8, 4) is 0 Å². The molecule has 2 heterocycles. The lowest BCUT2D eigenvalue weighted by molar-refractivity contribution is 0.561. The Morgan fingerprint density at radius 3 is 2.70 bits per heavy atom. The highest BCUT2D eigenvalue weighted by molar-refractivity contribution is 7.89. The molecule has 2 aromatic heterocycles. The summed E-state index contributed by atoms with van der Waals surface area (Å²) in [7, 11) is -3.62. The van der Waals surface area contributed by atoms with E-state index in [4.69, 9.17) is 0 Å². The molecule has 0 bridgehead atoms. The smallest absolute Gasteiger partial charge is 0.242 e. The van der Waals surface area contributed by atoms with Gasteiger partial charge in [0.2, 0.25) is 10.0 Å². The Bertz CT molecular complexity index is 637. The molecular formula is C12H17N5O2S. The van der Waals surface area contributed by atoms with Crippen molar-refractivity contribution in [1.29, 1.82) is 0 Å². The van der Waals surface area contributed by atoms with Crippen LogP contribution in [0.4, 0.5) is 5.82 Å². The maximum Gasteiger partial charge on any atom is 0.242 e. The van der Waals surface area contributed by atoms with Crippen LogP contribution in [0.1, 0.15) is 25.7 Å². The zero-order valence-electron chi connectivity index (χ0n) is 11.3. The van der Waals surface area contributed by atoms with Crippen LogP contribution in [0.15, 0.2) is 35.6 Å². The van der Waals surface area contributed by atoms with Crippen LogP contribution in [0.3, 0.4) is 0 Å². The average Bonchev–Trinajstić information content (AvgIpc) is 2.93. The molecule has 3 N–H and O–H groups in total. The molecule has 0 saturated heterocycles. The minimum atomic E-state index is -3.62. The van der Waals surface area contributed by atoms with Crippen molar-refractivity contribution in [2.75, 3.05) is 11.9 Å². The van der Waals surface area contributed by atoms with Crippen molar-refractivity contribution < 1.29 is 8.42 Å². The molecule has 1 atom stereocenters. The average molecular weight is 295 g/mol. The van der Waals surface area contributed by atoms with Gasteiger partial charge in [0.05, 0.1) is 6.04 Å². The molecule has 0 aromatic carbocycles. The van der Waals surface area contributed by atoms with Gasteiger partial charge in [0.15, 0.2) is 0 Å². The second-order valence-corrected chi connectivity index (χ2v) is 5.94. The van der Waals surface area contributed by atoms with E-state index in [0.29, 0.717) is 11.6 Å². The molecule has 2 aromatic rings. The molecule has 1 unspecified atom stereocenters. The third kappa shape index (κ3) is 3.34. The molecule has 0 aliphatic heterocycles. The van der Waals surface area contributed by atoms with Crippen LogP contribution in [-0.2, 0) is 10.0 Å². The number of sulfonamides is 1. The topological polar surface area (TPSA) is 99.8 Å². The predicted molar refractivity (Wildman–Crippen MR) is 75.7 cm³/mol. The molecule has 20 heavy (non-hydrogen) atoms. The maximum absolute atomic E-state index is 12.2. The fourth-order valence-corrected chi connectivity index (χ4v) is 2.85. The summed E-state index contributed by atoms with van der Waals surface area (Å²) in [6.07, 6.45) is 4.55.